The van der Waals surface area contributed by atoms with Crippen molar-refractivity contribution in [2.24, 2.45) is 5.73 Å². The number of carbonyl (C=O) groups excluding carboxylic acids is 3. The van der Waals surface area contributed by atoms with Gasteiger partial charge in [-0.05, 0) is 28.8 Å². The second kappa shape index (κ2) is 10.2. The van der Waals surface area contributed by atoms with Crippen molar-refractivity contribution in [2.45, 2.75) is 25.4 Å². The lowest BCUT2D eigenvalue weighted by Crippen LogP contribution is -2.46. The molecule has 0 saturated carbocycles. The quantitative estimate of drug-likeness (QED) is 0.488. The summed E-state index contributed by atoms with van der Waals surface area (Å²) in [4.78, 5) is 36.1. The smallest absolute Gasteiger partial charge is 0.329 e. The molecule has 3 amide bonds. The Bertz CT molecular complexity index is 1060. The van der Waals surface area contributed by atoms with E-state index in [1.54, 1.807) is 0 Å². The van der Waals surface area contributed by atoms with Gasteiger partial charge in [-0.3, -0.25) is 4.79 Å². The second-order valence-corrected chi connectivity index (χ2v) is 7.22. The number of benzene rings is 3. The van der Waals surface area contributed by atoms with Crippen LogP contribution in [0.5, 0.6) is 0 Å². The van der Waals surface area contributed by atoms with Crippen LogP contribution in [0.1, 0.15) is 24.1 Å². The van der Waals surface area contributed by atoms with Gasteiger partial charge < -0.3 is 21.1 Å². The van der Waals surface area contributed by atoms with Gasteiger partial charge in [0.25, 0.3) is 5.91 Å². The maximum Gasteiger partial charge on any atom is 0.329 e. The lowest BCUT2D eigenvalue weighted by Gasteiger charge is -2.18. The fraction of sp³-hybridized carbons (Fsp3) is 0.208. The third-order valence-corrected chi connectivity index (χ3v) is 4.90. The molecule has 7 heteroatoms. The summed E-state index contributed by atoms with van der Waals surface area (Å²) in [6, 6.07) is 20.8. The van der Waals surface area contributed by atoms with Gasteiger partial charge in [-0.25, -0.2) is 9.59 Å². The van der Waals surface area contributed by atoms with Crippen molar-refractivity contribution in [3.05, 3.63) is 83.9 Å². The Labute approximate surface area is 180 Å². The number of fused-ring (bicyclic) bond motifs is 1. The first-order valence-corrected chi connectivity index (χ1v) is 9.97. The molecule has 0 bridgehead atoms. The molecule has 7 nitrogen and oxygen atoms in total. The zero-order valence-corrected chi connectivity index (χ0v) is 17.2. The third kappa shape index (κ3) is 6.05. The van der Waals surface area contributed by atoms with Crippen molar-refractivity contribution in [1.82, 2.24) is 10.6 Å². The van der Waals surface area contributed by atoms with E-state index in [-0.39, 0.29) is 12.5 Å². The van der Waals surface area contributed by atoms with E-state index in [9.17, 15) is 14.4 Å². The summed E-state index contributed by atoms with van der Waals surface area (Å²) in [5.74, 6) is -1.16. The van der Waals surface area contributed by atoms with Crippen molar-refractivity contribution < 1.29 is 19.1 Å². The van der Waals surface area contributed by atoms with Crippen LogP contribution in [0.4, 0.5) is 4.79 Å². The number of rotatable bonds is 8. The van der Waals surface area contributed by atoms with Crippen molar-refractivity contribution >= 4 is 28.7 Å². The van der Waals surface area contributed by atoms with Crippen LogP contribution in [0, 0.1) is 0 Å². The number of nitrogens with two attached hydrogens (primary N) is 1. The molecule has 0 aliphatic rings. The van der Waals surface area contributed by atoms with Crippen LogP contribution in [0.25, 0.3) is 10.8 Å². The van der Waals surface area contributed by atoms with Crippen LogP contribution in [0.2, 0.25) is 0 Å². The van der Waals surface area contributed by atoms with E-state index in [2.05, 4.69) is 10.6 Å². The zero-order valence-electron chi connectivity index (χ0n) is 17.2. The average molecular weight is 419 g/mol. The fourth-order valence-corrected chi connectivity index (χ4v) is 3.44. The van der Waals surface area contributed by atoms with Crippen molar-refractivity contribution in [1.29, 1.82) is 0 Å². The molecule has 0 fully saturated rings. The summed E-state index contributed by atoms with van der Waals surface area (Å²) >= 11 is 0. The van der Waals surface area contributed by atoms with Gasteiger partial charge in [0.05, 0.1) is 6.04 Å². The molecular formula is C24H25N3O4. The van der Waals surface area contributed by atoms with Gasteiger partial charge in [0.15, 0.2) is 6.61 Å². The molecule has 31 heavy (non-hydrogen) atoms. The number of urea groups is 1. The molecule has 0 spiro atoms. The minimum Gasteiger partial charge on any atom is -0.454 e. The van der Waals surface area contributed by atoms with Crippen LogP contribution in [-0.2, 0) is 20.7 Å². The summed E-state index contributed by atoms with van der Waals surface area (Å²) in [5, 5.41) is 7.34. The average Bonchev–Trinajstić information content (AvgIpc) is 2.77. The predicted octanol–water partition coefficient (Wildman–Crippen LogP) is 2.84. The van der Waals surface area contributed by atoms with Gasteiger partial charge in [0.2, 0.25) is 0 Å². The van der Waals surface area contributed by atoms with E-state index in [1.165, 1.54) is 0 Å². The molecule has 0 aliphatic carbocycles. The van der Waals surface area contributed by atoms with Crippen molar-refractivity contribution in [2.75, 3.05) is 6.61 Å². The molecule has 0 radical (unpaired) electrons. The monoisotopic (exact) mass is 419 g/mol. The van der Waals surface area contributed by atoms with Crippen molar-refractivity contribution in [3.8, 4) is 0 Å². The molecule has 3 aromatic carbocycles. The van der Waals surface area contributed by atoms with Crippen LogP contribution in [0.15, 0.2) is 72.8 Å². The van der Waals surface area contributed by atoms with Gasteiger partial charge in [-0.2, -0.15) is 0 Å². The molecule has 0 aliphatic heterocycles. The number of hydrogen-bond donors (Lipinski definition) is 3. The molecule has 3 rings (SSSR count). The van der Waals surface area contributed by atoms with E-state index in [0.717, 1.165) is 21.9 Å². The number of carbonyl (C=O) groups is 3. The Morgan fingerprint density at radius 3 is 2.32 bits per heavy atom. The predicted molar refractivity (Wildman–Crippen MR) is 118 cm³/mol. The highest BCUT2D eigenvalue weighted by molar-refractivity contribution is 5.88. The number of esters is 1. The molecule has 160 valence electrons. The molecule has 0 heterocycles. The van der Waals surface area contributed by atoms with E-state index in [0.29, 0.717) is 0 Å². The first-order chi connectivity index (χ1) is 14.9. The first-order valence-electron chi connectivity index (χ1n) is 9.97. The number of ether oxygens (including phenoxy) is 1. The van der Waals surface area contributed by atoms with Gasteiger partial charge in [0.1, 0.15) is 6.04 Å². The minimum atomic E-state index is -0.983. The normalized spacial score (nSPS) is 12.5. The van der Waals surface area contributed by atoms with Gasteiger partial charge >= 0.3 is 12.0 Å². The van der Waals surface area contributed by atoms with Gasteiger partial charge in [0, 0.05) is 6.42 Å². The summed E-state index contributed by atoms with van der Waals surface area (Å²) < 4.78 is 5.14. The van der Waals surface area contributed by atoms with Gasteiger partial charge in [-0.1, -0.05) is 72.8 Å². The highest BCUT2D eigenvalue weighted by Gasteiger charge is 2.23. The number of primary amides is 1. The van der Waals surface area contributed by atoms with Crippen LogP contribution in [-0.4, -0.2) is 30.6 Å². The highest BCUT2D eigenvalue weighted by atomic mass is 16.5. The van der Waals surface area contributed by atoms with Crippen LogP contribution >= 0.6 is 0 Å². The van der Waals surface area contributed by atoms with E-state index in [1.807, 2.05) is 79.7 Å². The Kier molecular flexibility index (Phi) is 7.22. The summed E-state index contributed by atoms with van der Waals surface area (Å²) in [6.07, 6.45) is 0.205. The van der Waals surface area contributed by atoms with E-state index < -0.39 is 30.6 Å². The topological polar surface area (TPSA) is 111 Å². The number of amides is 3. The summed E-state index contributed by atoms with van der Waals surface area (Å²) in [5.41, 5.74) is 6.97. The molecule has 3 aromatic rings. The molecule has 0 aromatic heterocycles. The summed E-state index contributed by atoms with van der Waals surface area (Å²) in [6.45, 7) is 1.41. The lowest BCUT2D eigenvalue weighted by atomic mass is 10.00. The number of nitrogens with one attached hydrogen (secondary N) is 2. The standard InChI is InChI=1S/C24H25N3O4/c1-16(19-13-7-11-18-10-5-6-12-20(18)19)26-22(28)15-31-23(29)21(27-24(25)30)14-17-8-3-2-4-9-17/h2-13,16,21H,14-15H2,1H3,(H,26,28)(H3,25,27,30)/t16-,21-/m0/s1. The molecule has 0 saturated heterocycles. The maximum absolute atomic E-state index is 12.4. The Hall–Kier alpha value is -3.87. The zero-order chi connectivity index (χ0) is 22.2. The molecule has 4 N–H and O–H groups in total. The Morgan fingerprint density at radius 1 is 0.903 bits per heavy atom. The number of hydrogen-bond acceptors (Lipinski definition) is 4. The van der Waals surface area contributed by atoms with E-state index in [4.69, 9.17) is 10.5 Å². The van der Waals surface area contributed by atoms with Crippen molar-refractivity contribution in [3.63, 3.8) is 0 Å². The maximum atomic E-state index is 12.4. The molecule has 2 atom stereocenters. The molecular weight excluding hydrogens is 394 g/mol. The molecule has 0 unspecified atom stereocenters. The second-order valence-electron chi connectivity index (χ2n) is 7.22. The Balaban J connectivity index is 1.59. The highest BCUT2D eigenvalue weighted by Crippen LogP contribution is 2.23. The SMILES string of the molecule is C[C@H](NC(=O)COC(=O)[C@H](Cc1ccccc1)NC(N)=O)c1cccc2ccccc12. The first kappa shape index (κ1) is 21.8. The summed E-state index contributed by atoms with van der Waals surface area (Å²) in [7, 11) is 0. The lowest BCUT2D eigenvalue weighted by molar-refractivity contribution is -0.150. The Morgan fingerprint density at radius 2 is 1.58 bits per heavy atom. The fourth-order valence-electron chi connectivity index (χ4n) is 3.44. The van der Waals surface area contributed by atoms with E-state index >= 15 is 0 Å². The minimum absolute atomic E-state index is 0.205. The third-order valence-electron chi connectivity index (χ3n) is 4.90. The van der Waals surface area contributed by atoms with Crippen LogP contribution in [0.3, 0.4) is 0 Å². The largest absolute Gasteiger partial charge is 0.454 e. The van der Waals surface area contributed by atoms with Crippen LogP contribution < -0.4 is 16.4 Å². The van der Waals surface area contributed by atoms with Gasteiger partial charge in [-0.15, -0.1) is 0 Å².